The molecule has 0 spiro atoms. The Morgan fingerprint density at radius 2 is 1.03 bits per heavy atom. The summed E-state index contributed by atoms with van der Waals surface area (Å²) in [6, 6.07) is 8.80. The zero-order valence-electron chi connectivity index (χ0n) is 20.5. The summed E-state index contributed by atoms with van der Waals surface area (Å²) in [5.74, 6) is 0. The van der Waals surface area contributed by atoms with Gasteiger partial charge >= 0.3 is 0 Å². The molecular weight excluding hydrogens is 392 g/mol. The summed E-state index contributed by atoms with van der Waals surface area (Å²) in [4.78, 5) is 0. The van der Waals surface area contributed by atoms with Gasteiger partial charge in [0, 0.05) is 6.07 Å². The molecule has 1 aromatic carbocycles. The minimum Gasteiger partial charge on any atom is -0.236 e. The molecule has 2 heterocycles. The highest BCUT2D eigenvalue weighted by Crippen LogP contribution is 2.14. The van der Waals surface area contributed by atoms with E-state index >= 15 is 0 Å². The van der Waals surface area contributed by atoms with Crippen LogP contribution in [0.5, 0.6) is 0 Å². The Morgan fingerprint density at radius 3 is 1.50 bits per heavy atom. The lowest BCUT2D eigenvalue weighted by molar-refractivity contribution is -0.696. The number of hydrogen-bond acceptors (Lipinski definition) is 0. The molecular formula is C28H44N4+2. The summed E-state index contributed by atoms with van der Waals surface area (Å²) in [6.45, 7) is 6.76. The van der Waals surface area contributed by atoms with Gasteiger partial charge in [-0.3, -0.25) is 0 Å². The molecule has 4 nitrogen and oxygen atoms in total. The van der Waals surface area contributed by atoms with Crippen LogP contribution >= 0.6 is 0 Å². The Bertz CT molecular complexity index is 823. The standard InChI is InChI=1S/C28H44N4/c1-3-5-7-9-11-13-18-29-20-22-31(25-29)27-16-15-17-28(24-27)32-23-21-30(26-32)19-14-12-10-8-6-4-2/h15-17,20-26H,3-14,18-19H2,1-2H3/q+2. The smallest absolute Gasteiger partial charge is 0.236 e. The van der Waals surface area contributed by atoms with Crippen LogP contribution in [-0.2, 0) is 13.1 Å². The number of hydrogen-bond donors (Lipinski definition) is 0. The SMILES string of the molecule is CCCCCCCC[n+]1ccn(-c2cccc(-n3cc[n+](CCCCCCCC)c3)c2)c1. The van der Waals surface area contributed by atoms with E-state index in [1.165, 1.54) is 88.4 Å². The molecule has 0 N–H and O–H groups in total. The summed E-state index contributed by atoms with van der Waals surface area (Å²) >= 11 is 0. The van der Waals surface area contributed by atoms with Crippen molar-refractivity contribution in [2.45, 2.75) is 104 Å². The number of imidazole rings is 2. The van der Waals surface area contributed by atoms with Crippen LogP contribution in [0.4, 0.5) is 0 Å². The molecule has 0 unspecified atom stereocenters. The van der Waals surface area contributed by atoms with Crippen molar-refractivity contribution >= 4 is 0 Å². The summed E-state index contributed by atoms with van der Waals surface area (Å²) in [6.07, 6.45) is 29.3. The number of nitrogens with zero attached hydrogens (tertiary/aromatic N) is 4. The Labute approximate surface area is 195 Å². The Morgan fingerprint density at radius 1 is 0.594 bits per heavy atom. The van der Waals surface area contributed by atoms with Gasteiger partial charge in [0.15, 0.2) is 0 Å². The molecule has 0 saturated carbocycles. The third kappa shape index (κ3) is 7.96. The summed E-state index contributed by atoms with van der Waals surface area (Å²) in [5.41, 5.74) is 2.42. The number of aryl methyl sites for hydroxylation is 2. The highest BCUT2D eigenvalue weighted by molar-refractivity contribution is 5.43. The van der Waals surface area contributed by atoms with Crippen LogP contribution in [0.2, 0.25) is 0 Å². The van der Waals surface area contributed by atoms with E-state index in [1.807, 2.05) is 0 Å². The van der Waals surface area contributed by atoms with Gasteiger partial charge in [0.05, 0.1) is 13.1 Å². The molecule has 2 aromatic heterocycles. The first-order valence-corrected chi connectivity index (χ1v) is 13.0. The lowest BCUT2D eigenvalue weighted by atomic mass is 10.1. The topological polar surface area (TPSA) is 17.6 Å². The van der Waals surface area contributed by atoms with Gasteiger partial charge in [-0.1, -0.05) is 71.3 Å². The van der Waals surface area contributed by atoms with Crippen molar-refractivity contribution in [1.29, 1.82) is 0 Å². The Hall–Kier alpha value is -2.36. The molecule has 0 bridgehead atoms. The van der Waals surface area contributed by atoms with Gasteiger partial charge in [-0.15, -0.1) is 0 Å². The average molecular weight is 437 g/mol. The number of benzene rings is 1. The van der Waals surface area contributed by atoms with Crippen molar-refractivity contribution in [2.75, 3.05) is 0 Å². The maximum Gasteiger partial charge on any atom is 0.248 e. The first kappa shape index (κ1) is 24.3. The first-order valence-electron chi connectivity index (χ1n) is 13.0. The third-order valence-corrected chi connectivity index (χ3v) is 6.35. The molecule has 0 radical (unpaired) electrons. The van der Waals surface area contributed by atoms with Crippen LogP contribution in [-0.4, -0.2) is 9.13 Å². The molecule has 32 heavy (non-hydrogen) atoms. The lowest BCUT2D eigenvalue weighted by Gasteiger charge is -2.00. The van der Waals surface area contributed by atoms with Gasteiger partial charge < -0.3 is 0 Å². The molecule has 0 aliphatic carbocycles. The van der Waals surface area contributed by atoms with E-state index in [4.69, 9.17) is 0 Å². The van der Waals surface area contributed by atoms with Gasteiger partial charge in [0.25, 0.3) is 0 Å². The van der Waals surface area contributed by atoms with Crippen molar-refractivity contribution in [1.82, 2.24) is 9.13 Å². The van der Waals surface area contributed by atoms with E-state index in [-0.39, 0.29) is 0 Å². The zero-order chi connectivity index (χ0) is 22.4. The fourth-order valence-corrected chi connectivity index (χ4v) is 4.32. The lowest BCUT2D eigenvalue weighted by Crippen LogP contribution is -2.30. The van der Waals surface area contributed by atoms with Crippen LogP contribution in [0.15, 0.2) is 61.7 Å². The largest absolute Gasteiger partial charge is 0.248 e. The minimum atomic E-state index is 1.11. The molecule has 0 saturated heterocycles. The van der Waals surface area contributed by atoms with Crippen LogP contribution in [0, 0.1) is 0 Å². The van der Waals surface area contributed by atoms with Crippen molar-refractivity contribution < 1.29 is 9.13 Å². The van der Waals surface area contributed by atoms with E-state index in [2.05, 4.69) is 93.8 Å². The molecule has 0 aliphatic rings. The normalized spacial score (nSPS) is 11.3. The molecule has 174 valence electrons. The maximum atomic E-state index is 2.32. The van der Waals surface area contributed by atoms with Crippen LogP contribution in [0.25, 0.3) is 11.4 Å². The fraction of sp³-hybridized carbons (Fsp3) is 0.571. The average Bonchev–Trinajstić information content (AvgIpc) is 3.49. The molecule has 3 rings (SSSR count). The van der Waals surface area contributed by atoms with Crippen molar-refractivity contribution in [2.24, 2.45) is 0 Å². The molecule has 3 aromatic rings. The number of unbranched alkanes of at least 4 members (excludes halogenated alkanes) is 10. The Kier molecular flexibility index (Phi) is 10.6. The van der Waals surface area contributed by atoms with Crippen LogP contribution in [0.3, 0.4) is 0 Å². The second-order valence-corrected chi connectivity index (χ2v) is 9.17. The Balaban J connectivity index is 1.50. The molecule has 4 heteroatoms. The second-order valence-electron chi connectivity index (χ2n) is 9.17. The maximum absolute atomic E-state index is 2.32. The third-order valence-electron chi connectivity index (χ3n) is 6.35. The fourth-order valence-electron chi connectivity index (χ4n) is 4.32. The second kappa shape index (κ2) is 13.9. The predicted octanol–water partition coefficient (Wildman–Crippen LogP) is 6.56. The van der Waals surface area contributed by atoms with Gasteiger partial charge in [-0.2, -0.15) is 0 Å². The monoisotopic (exact) mass is 436 g/mol. The van der Waals surface area contributed by atoms with E-state index in [1.54, 1.807) is 0 Å². The molecule has 0 aliphatic heterocycles. The highest BCUT2D eigenvalue weighted by Gasteiger charge is 2.11. The van der Waals surface area contributed by atoms with Gasteiger partial charge in [-0.05, 0) is 37.8 Å². The van der Waals surface area contributed by atoms with Crippen molar-refractivity contribution in [3.8, 4) is 11.4 Å². The van der Waals surface area contributed by atoms with Gasteiger partial charge in [-0.25, -0.2) is 18.3 Å². The van der Waals surface area contributed by atoms with Crippen molar-refractivity contribution in [3.63, 3.8) is 0 Å². The van der Waals surface area contributed by atoms with Gasteiger partial charge in [0.2, 0.25) is 12.7 Å². The van der Waals surface area contributed by atoms with E-state index in [0.717, 1.165) is 13.1 Å². The molecule has 0 fully saturated rings. The first-order chi connectivity index (χ1) is 15.8. The van der Waals surface area contributed by atoms with Crippen LogP contribution in [0.1, 0.15) is 90.9 Å². The van der Waals surface area contributed by atoms with E-state index in [0.29, 0.717) is 0 Å². The molecule has 0 atom stereocenters. The minimum absolute atomic E-state index is 1.11. The van der Waals surface area contributed by atoms with E-state index < -0.39 is 0 Å². The highest BCUT2D eigenvalue weighted by atomic mass is 15.1. The zero-order valence-corrected chi connectivity index (χ0v) is 20.5. The molecule has 0 amide bonds. The number of aromatic nitrogens is 4. The van der Waals surface area contributed by atoms with Gasteiger partial charge in [0.1, 0.15) is 36.2 Å². The van der Waals surface area contributed by atoms with Crippen molar-refractivity contribution in [3.05, 3.63) is 61.7 Å². The summed E-state index contributed by atoms with van der Waals surface area (Å²) < 4.78 is 9.09. The van der Waals surface area contributed by atoms with Crippen LogP contribution < -0.4 is 9.13 Å². The number of rotatable bonds is 16. The quantitative estimate of drug-likeness (QED) is 0.179. The summed E-state index contributed by atoms with van der Waals surface area (Å²) in [5, 5.41) is 0. The van der Waals surface area contributed by atoms with E-state index in [9.17, 15) is 0 Å². The predicted molar refractivity (Wildman–Crippen MR) is 132 cm³/mol. The summed E-state index contributed by atoms with van der Waals surface area (Å²) in [7, 11) is 0.